The number of thioether (sulfide) groups is 1. The van der Waals surface area contributed by atoms with Crippen molar-refractivity contribution >= 4 is 17.7 Å². The molecule has 0 radical (unpaired) electrons. The summed E-state index contributed by atoms with van der Waals surface area (Å²) >= 11 is 1.62. The van der Waals surface area contributed by atoms with Crippen LogP contribution in [0.1, 0.15) is 13.3 Å². The van der Waals surface area contributed by atoms with E-state index in [0.29, 0.717) is 18.7 Å². The first kappa shape index (κ1) is 8.87. The lowest BCUT2D eigenvalue weighted by atomic mass is 10.0. The van der Waals surface area contributed by atoms with Crippen LogP contribution in [0.3, 0.4) is 0 Å². The Balaban J connectivity index is 2.49. The van der Waals surface area contributed by atoms with Gasteiger partial charge in [0, 0.05) is 12.3 Å². The molecule has 0 bridgehead atoms. The Morgan fingerprint density at radius 1 is 1.82 bits per heavy atom. The molecule has 0 aromatic carbocycles. The van der Waals surface area contributed by atoms with E-state index in [0.717, 1.165) is 5.75 Å². The SMILES string of the molecule is CCNC(=O)C1(O)CCSC1. The third-order valence-electron chi connectivity index (χ3n) is 1.76. The number of aliphatic hydroxyl groups is 1. The predicted molar refractivity (Wildman–Crippen MR) is 45.6 cm³/mol. The highest BCUT2D eigenvalue weighted by molar-refractivity contribution is 7.99. The summed E-state index contributed by atoms with van der Waals surface area (Å²) < 4.78 is 0. The van der Waals surface area contributed by atoms with Crippen LogP contribution >= 0.6 is 11.8 Å². The van der Waals surface area contributed by atoms with E-state index in [1.807, 2.05) is 6.92 Å². The van der Waals surface area contributed by atoms with Crippen LogP contribution in [-0.2, 0) is 4.79 Å². The number of hydrogen-bond donors (Lipinski definition) is 2. The molecule has 2 N–H and O–H groups in total. The number of rotatable bonds is 2. The fourth-order valence-electron chi connectivity index (χ4n) is 1.06. The van der Waals surface area contributed by atoms with Crippen molar-refractivity contribution in [3.8, 4) is 0 Å². The summed E-state index contributed by atoms with van der Waals surface area (Å²) in [6.45, 7) is 2.44. The third-order valence-corrected chi connectivity index (χ3v) is 2.94. The first-order valence-corrected chi connectivity index (χ1v) is 4.93. The fraction of sp³-hybridized carbons (Fsp3) is 0.857. The van der Waals surface area contributed by atoms with Gasteiger partial charge in [-0.1, -0.05) is 0 Å². The minimum absolute atomic E-state index is 0.218. The lowest BCUT2D eigenvalue weighted by Crippen LogP contribution is -2.46. The van der Waals surface area contributed by atoms with E-state index in [1.165, 1.54) is 0 Å². The standard InChI is InChI=1S/C7H13NO2S/c1-2-8-6(9)7(10)3-4-11-5-7/h10H,2-5H2,1H3,(H,8,9). The fourth-order valence-corrected chi connectivity index (χ4v) is 2.30. The highest BCUT2D eigenvalue weighted by atomic mass is 32.2. The second-order valence-corrected chi connectivity index (χ2v) is 3.80. The second kappa shape index (κ2) is 3.45. The van der Waals surface area contributed by atoms with Crippen LogP contribution in [0.15, 0.2) is 0 Å². The molecule has 1 rings (SSSR count). The maximum atomic E-state index is 11.2. The van der Waals surface area contributed by atoms with Crippen molar-refractivity contribution in [1.29, 1.82) is 0 Å². The molecule has 3 nitrogen and oxygen atoms in total. The van der Waals surface area contributed by atoms with Crippen molar-refractivity contribution in [2.45, 2.75) is 18.9 Å². The van der Waals surface area contributed by atoms with E-state index in [9.17, 15) is 9.90 Å². The molecular weight excluding hydrogens is 162 g/mol. The van der Waals surface area contributed by atoms with Crippen LogP contribution in [-0.4, -0.2) is 34.7 Å². The average Bonchev–Trinajstić information content (AvgIpc) is 2.38. The van der Waals surface area contributed by atoms with Gasteiger partial charge in [-0.05, 0) is 19.1 Å². The Kier molecular flexibility index (Phi) is 2.78. The maximum absolute atomic E-state index is 11.2. The molecule has 11 heavy (non-hydrogen) atoms. The molecule has 0 aromatic rings. The van der Waals surface area contributed by atoms with E-state index in [4.69, 9.17) is 0 Å². The zero-order valence-electron chi connectivity index (χ0n) is 6.59. The van der Waals surface area contributed by atoms with Gasteiger partial charge in [-0.2, -0.15) is 11.8 Å². The first-order chi connectivity index (χ1) is 5.19. The Bertz CT molecular complexity index is 155. The topological polar surface area (TPSA) is 49.3 Å². The lowest BCUT2D eigenvalue weighted by Gasteiger charge is -2.19. The van der Waals surface area contributed by atoms with Gasteiger partial charge in [-0.15, -0.1) is 0 Å². The molecular formula is C7H13NO2S. The summed E-state index contributed by atoms with van der Waals surface area (Å²) in [4.78, 5) is 11.2. The third kappa shape index (κ3) is 1.87. The van der Waals surface area contributed by atoms with E-state index in [2.05, 4.69) is 5.32 Å². The number of likely N-dealkylation sites (N-methyl/N-ethyl adjacent to an activating group) is 1. The Morgan fingerprint density at radius 2 is 2.55 bits per heavy atom. The monoisotopic (exact) mass is 175 g/mol. The van der Waals surface area contributed by atoms with Crippen molar-refractivity contribution in [2.75, 3.05) is 18.1 Å². The molecule has 1 atom stereocenters. The molecule has 0 spiro atoms. The maximum Gasteiger partial charge on any atom is 0.252 e. The zero-order chi connectivity index (χ0) is 8.32. The van der Waals surface area contributed by atoms with Gasteiger partial charge in [0.15, 0.2) is 5.60 Å². The van der Waals surface area contributed by atoms with E-state index in [-0.39, 0.29) is 5.91 Å². The average molecular weight is 175 g/mol. The lowest BCUT2D eigenvalue weighted by molar-refractivity contribution is -0.137. The molecule has 1 amide bonds. The Hall–Kier alpha value is -0.220. The van der Waals surface area contributed by atoms with Crippen LogP contribution in [0, 0.1) is 0 Å². The highest BCUT2D eigenvalue weighted by Crippen LogP contribution is 2.27. The summed E-state index contributed by atoms with van der Waals surface area (Å²) in [5.41, 5.74) is -1.08. The Labute approximate surface area is 70.6 Å². The van der Waals surface area contributed by atoms with E-state index in [1.54, 1.807) is 11.8 Å². The normalized spacial score (nSPS) is 30.4. The summed E-state index contributed by atoms with van der Waals surface area (Å²) in [5.74, 6) is 1.21. The van der Waals surface area contributed by atoms with Crippen molar-refractivity contribution in [2.24, 2.45) is 0 Å². The molecule has 0 aromatic heterocycles. The van der Waals surface area contributed by atoms with Gasteiger partial charge in [-0.25, -0.2) is 0 Å². The summed E-state index contributed by atoms with van der Waals surface area (Å²) in [6, 6.07) is 0. The largest absolute Gasteiger partial charge is 0.379 e. The van der Waals surface area contributed by atoms with Gasteiger partial charge >= 0.3 is 0 Å². The number of hydrogen-bond acceptors (Lipinski definition) is 3. The molecule has 1 aliphatic heterocycles. The van der Waals surface area contributed by atoms with E-state index < -0.39 is 5.60 Å². The molecule has 1 saturated heterocycles. The van der Waals surface area contributed by atoms with Crippen molar-refractivity contribution in [3.63, 3.8) is 0 Å². The molecule has 1 fully saturated rings. The zero-order valence-corrected chi connectivity index (χ0v) is 7.41. The van der Waals surface area contributed by atoms with Crippen LogP contribution in [0.5, 0.6) is 0 Å². The molecule has 0 saturated carbocycles. The highest BCUT2D eigenvalue weighted by Gasteiger charge is 2.38. The number of nitrogens with one attached hydrogen (secondary N) is 1. The van der Waals surface area contributed by atoms with Gasteiger partial charge in [0.2, 0.25) is 0 Å². The van der Waals surface area contributed by atoms with Crippen LogP contribution in [0.4, 0.5) is 0 Å². The molecule has 1 heterocycles. The van der Waals surface area contributed by atoms with Gasteiger partial charge in [-0.3, -0.25) is 4.79 Å². The van der Waals surface area contributed by atoms with Crippen molar-refractivity contribution in [3.05, 3.63) is 0 Å². The van der Waals surface area contributed by atoms with Crippen molar-refractivity contribution in [1.82, 2.24) is 5.32 Å². The van der Waals surface area contributed by atoms with Crippen LogP contribution < -0.4 is 5.32 Å². The van der Waals surface area contributed by atoms with Gasteiger partial charge in [0.25, 0.3) is 5.91 Å². The second-order valence-electron chi connectivity index (χ2n) is 2.69. The molecule has 64 valence electrons. The van der Waals surface area contributed by atoms with Gasteiger partial charge in [0.05, 0.1) is 0 Å². The van der Waals surface area contributed by atoms with Crippen molar-refractivity contribution < 1.29 is 9.90 Å². The quantitative estimate of drug-likeness (QED) is 0.620. The van der Waals surface area contributed by atoms with Crippen LogP contribution in [0.2, 0.25) is 0 Å². The van der Waals surface area contributed by atoms with Crippen LogP contribution in [0.25, 0.3) is 0 Å². The minimum Gasteiger partial charge on any atom is -0.379 e. The minimum atomic E-state index is -1.08. The summed E-state index contributed by atoms with van der Waals surface area (Å²) in [6.07, 6.45) is 0.587. The van der Waals surface area contributed by atoms with Gasteiger partial charge in [0.1, 0.15) is 0 Å². The van der Waals surface area contributed by atoms with E-state index >= 15 is 0 Å². The molecule has 1 unspecified atom stereocenters. The summed E-state index contributed by atoms with van der Waals surface area (Å²) in [5, 5.41) is 12.3. The molecule has 4 heteroatoms. The smallest absolute Gasteiger partial charge is 0.252 e. The predicted octanol–water partition coefficient (Wildman–Crippen LogP) is -0.00950. The number of carbonyl (C=O) groups excluding carboxylic acids is 1. The van der Waals surface area contributed by atoms with Gasteiger partial charge < -0.3 is 10.4 Å². The molecule has 0 aliphatic carbocycles. The number of carbonyl (C=O) groups is 1. The first-order valence-electron chi connectivity index (χ1n) is 3.77. The Morgan fingerprint density at radius 3 is 3.00 bits per heavy atom. The molecule has 1 aliphatic rings. The summed E-state index contributed by atoms with van der Waals surface area (Å²) in [7, 11) is 0. The number of amides is 1.